The van der Waals surface area contributed by atoms with Crippen LogP contribution in [0.25, 0.3) is 0 Å². The van der Waals surface area contributed by atoms with Crippen LogP contribution in [0.15, 0.2) is 0 Å². The van der Waals surface area contributed by atoms with Crippen LogP contribution in [0.4, 0.5) is 13.2 Å². The number of ether oxygens (including phenoxy) is 1. The van der Waals surface area contributed by atoms with E-state index < -0.39 is 31.4 Å². The van der Waals surface area contributed by atoms with Crippen LogP contribution in [0.2, 0.25) is 0 Å². The van der Waals surface area contributed by atoms with Crippen molar-refractivity contribution in [2.45, 2.75) is 39.1 Å². The standard InChI is InChI=1S/C10H18F3NO3/c1-7(2)14(4-8(3)15)9(16)5-17-6-10(11,12)13/h7-8,15H,4-6H2,1-3H3. The summed E-state index contributed by atoms with van der Waals surface area (Å²) in [6.45, 7) is 2.92. The number of carbonyl (C=O) groups is 1. The van der Waals surface area contributed by atoms with Gasteiger partial charge in [-0.05, 0) is 20.8 Å². The van der Waals surface area contributed by atoms with E-state index >= 15 is 0 Å². The second-order valence-corrected chi connectivity index (χ2v) is 4.10. The Bertz CT molecular complexity index is 241. The predicted octanol–water partition coefficient (Wildman–Crippen LogP) is 1.18. The molecule has 0 spiro atoms. The maximum absolute atomic E-state index is 11.8. The molecule has 1 amide bonds. The van der Waals surface area contributed by atoms with E-state index in [0.717, 1.165) is 0 Å². The molecule has 0 aromatic rings. The van der Waals surface area contributed by atoms with Crippen molar-refractivity contribution in [2.75, 3.05) is 19.8 Å². The molecule has 1 N–H and O–H groups in total. The molecule has 0 fully saturated rings. The van der Waals surface area contributed by atoms with Crippen molar-refractivity contribution in [3.8, 4) is 0 Å². The third-order valence-electron chi connectivity index (χ3n) is 1.90. The number of carbonyl (C=O) groups excluding carboxylic acids is 1. The largest absolute Gasteiger partial charge is 0.411 e. The Balaban J connectivity index is 4.16. The SMILES string of the molecule is CC(O)CN(C(=O)COCC(F)(F)F)C(C)C. The molecule has 0 bridgehead atoms. The van der Waals surface area contributed by atoms with Crippen LogP contribution in [0, 0.1) is 0 Å². The summed E-state index contributed by atoms with van der Waals surface area (Å²) in [5, 5.41) is 9.16. The van der Waals surface area contributed by atoms with Gasteiger partial charge in [-0.25, -0.2) is 0 Å². The summed E-state index contributed by atoms with van der Waals surface area (Å²) in [4.78, 5) is 12.8. The third kappa shape index (κ3) is 7.98. The van der Waals surface area contributed by atoms with Crippen molar-refractivity contribution in [1.29, 1.82) is 0 Å². The molecule has 1 unspecified atom stereocenters. The van der Waals surface area contributed by atoms with Gasteiger partial charge in [0, 0.05) is 12.6 Å². The first kappa shape index (κ1) is 16.2. The van der Waals surface area contributed by atoms with E-state index in [1.807, 2.05) is 0 Å². The molecule has 0 heterocycles. The molecule has 0 aliphatic heterocycles. The van der Waals surface area contributed by atoms with Gasteiger partial charge in [-0.2, -0.15) is 13.2 Å². The van der Waals surface area contributed by atoms with Crippen molar-refractivity contribution >= 4 is 5.91 Å². The van der Waals surface area contributed by atoms with Crippen LogP contribution in [-0.2, 0) is 9.53 Å². The van der Waals surface area contributed by atoms with Gasteiger partial charge in [-0.3, -0.25) is 4.79 Å². The fourth-order valence-electron chi connectivity index (χ4n) is 1.22. The van der Waals surface area contributed by atoms with Crippen LogP contribution >= 0.6 is 0 Å². The van der Waals surface area contributed by atoms with E-state index in [1.54, 1.807) is 13.8 Å². The smallest absolute Gasteiger partial charge is 0.392 e. The van der Waals surface area contributed by atoms with Crippen LogP contribution in [0.3, 0.4) is 0 Å². The van der Waals surface area contributed by atoms with Crippen molar-refractivity contribution in [3.63, 3.8) is 0 Å². The van der Waals surface area contributed by atoms with Crippen LogP contribution in [0.5, 0.6) is 0 Å². The molecule has 1 atom stereocenters. The molecule has 17 heavy (non-hydrogen) atoms. The first-order chi connectivity index (χ1) is 7.63. The van der Waals surface area contributed by atoms with E-state index in [9.17, 15) is 18.0 Å². The number of aliphatic hydroxyl groups is 1. The number of alkyl halides is 3. The highest BCUT2D eigenvalue weighted by molar-refractivity contribution is 5.77. The molecule has 0 rings (SSSR count). The lowest BCUT2D eigenvalue weighted by Crippen LogP contribution is -2.43. The lowest BCUT2D eigenvalue weighted by molar-refractivity contribution is -0.178. The maximum atomic E-state index is 11.8. The van der Waals surface area contributed by atoms with Gasteiger partial charge < -0.3 is 14.7 Å². The highest BCUT2D eigenvalue weighted by Gasteiger charge is 2.28. The summed E-state index contributed by atoms with van der Waals surface area (Å²) in [5.74, 6) is -0.565. The first-order valence-corrected chi connectivity index (χ1v) is 5.25. The second kappa shape index (κ2) is 6.80. The molecule has 0 saturated heterocycles. The van der Waals surface area contributed by atoms with Gasteiger partial charge >= 0.3 is 6.18 Å². The summed E-state index contributed by atoms with van der Waals surface area (Å²) < 4.78 is 39.6. The van der Waals surface area contributed by atoms with Crippen LogP contribution in [0.1, 0.15) is 20.8 Å². The first-order valence-electron chi connectivity index (χ1n) is 5.25. The number of nitrogens with zero attached hydrogens (tertiary/aromatic N) is 1. The third-order valence-corrected chi connectivity index (χ3v) is 1.90. The van der Waals surface area contributed by atoms with Gasteiger partial charge in [0.2, 0.25) is 5.91 Å². The van der Waals surface area contributed by atoms with Gasteiger partial charge in [-0.15, -0.1) is 0 Å². The molecule has 0 saturated carbocycles. The Morgan fingerprint density at radius 3 is 2.24 bits per heavy atom. The number of amides is 1. The highest BCUT2D eigenvalue weighted by Crippen LogP contribution is 2.14. The lowest BCUT2D eigenvalue weighted by atomic mass is 10.2. The van der Waals surface area contributed by atoms with Crippen molar-refractivity contribution in [2.24, 2.45) is 0 Å². The van der Waals surface area contributed by atoms with E-state index in [1.165, 1.54) is 11.8 Å². The Morgan fingerprint density at radius 2 is 1.88 bits per heavy atom. The van der Waals surface area contributed by atoms with Crippen molar-refractivity contribution in [1.82, 2.24) is 4.90 Å². The minimum absolute atomic E-state index is 0.0753. The fourth-order valence-corrected chi connectivity index (χ4v) is 1.22. The lowest BCUT2D eigenvalue weighted by Gasteiger charge is -2.28. The average Bonchev–Trinajstić information content (AvgIpc) is 2.11. The zero-order valence-electron chi connectivity index (χ0n) is 10.1. The minimum atomic E-state index is -4.44. The van der Waals surface area contributed by atoms with E-state index in [0.29, 0.717) is 0 Å². The van der Waals surface area contributed by atoms with Crippen molar-refractivity contribution < 1.29 is 27.8 Å². The molecule has 0 aromatic heterocycles. The number of halogens is 3. The normalized spacial score (nSPS) is 13.9. The summed E-state index contributed by atoms with van der Waals surface area (Å²) in [5.41, 5.74) is 0. The average molecular weight is 257 g/mol. The van der Waals surface area contributed by atoms with Crippen LogP contribution < -0.4 is 0 Å². The predicted molar refractivity (Wildman–Crippen MR) is 55.4 cm³/mol. The maximum Gasteiger partial charge on any atom is 0.411 e. The number of rotatable bonds is 6. The number of aliphatic hydroxyl groups excluding tert-OH is 1. The molecule has 7 heteroatoms. The van der Waals surface area contributed by atoms with Gasteiger partial charge in [0.15, 0.2) is 0 Å². The van der Waals surface area contributed by atoms with E-state index in [2.05, 4.69) is 4.74 Å². The Morgan fingerprint density at radius 1 is 1.35 bits per heavy atom. The molecule has 102 valence electrons. The molecule has 0 aromatic carbocycles. The Hall–Kier alpha value is -0.820. The molecule has 0 radical (unpaired) electrons. The highest BCUT2D eigenvalue weighted by atomic mass is 19.4. The van der Waals surface area contributed by atoms with E-state index in [-0.39, 0.29) is 12.6 Å². The summed E-state index contributed by atoms with van der Waals surface area (Å²) in [6.07, 6.45) is -5.17. The Kier molecular flexibility index (Phi) is 6.48. The van der Waals surface area contributed by atoms with Crippen LogP contribution in [-0.4, -0.2) is 54.0 Å². The topological polar surface area (TPSA) is 49.8 Å². The van der Waals surface area contributed by atoms with Gasteiger partial charge in [0.25, 0.3) is 0 Å². The Labute approximate surface area is 98.3 Å². The van der Waals surface area contributed by atoms with Gasteiger partial charge in [0.1, 0.15) is 13.2 Å². The summed E-state index contributed by atoms with van der Waals surface area (Å²) >= 11 is 0. The quantitative estimate of drug-likeness (QED) is 0.777. The minimum Gasteiger partial charge on any atom is -0.392 e. The summed E-state index contributed by atoms with van der Waals surface area (Å²) in [6, 6.07) is -0.202. The number of hydrogen-bond donors (Lipinski definition) is 1. The zero-order valence-corrected chi connectivity index (χ0v) is 10.1. The van der Waals surface area contributed by atoms with E-state index in [4.69, 9.17) is 5.11 Å². The number of hydrogen-bond acceptors (Lipinski definition) is 3. The molecule has 4 nitrogen and oxygen atoms in total. The van der Waals surface area contributed by atoms with Gasteiger partial charge in [0.05, 0.1) is 6.10 Å². The molecule has 0 aliphatic carbocycles. The monoisotopic (exact) mass is 257 g/mol. The zero-order chi connectivity index (χ0) is 13.6. The van der Waals surface area contributed by atoms with Crippen molar-refractivity contribution in [3.05, 3.63) is 0 Å². The molecule has 0 aliphatic rings. The van der Waals surface area contributed by atoms with Gasteiger partial charge in [-0.1, -0.05) is 0 Å². The second-order valence-electron chi connectivity index (χ2n) is 4.10. The molecular weight excluding hydrogens is 239 g/mol. The summed E-state index contributed by atoms with van der Waals surface area (Å²) in [7, 11) is 0. The molecular formula is C10H18F3NO3. The fraction of sp³-hybridized carbons (Fsp3) is 0.900.